The molecular formula is C36H43SiZr. The van der Waals surface area contributed by atoms with Crippen LogP contribution in [-0.2, 0) is 20.9 Å². The molecule has 0 radical (unpaired) electrons. The van der Waals surface area contributed by atoms with Crippen LogP contribution in [0.3, 0.4) is 0 Å². The van der Waals surface area contributed by atoms with E-state index in [2.05, 4.69) is 98.1 Å². The molecule has 0 amide bonds. The van der Waals surface area contributed by atoms with Gasteiger partial charge < -0.3 is 0 Å². The van der Waals surface area contributed by atoms with Gasteiger partial charge in [0.25, 0.3) is 0 Å². The Morgan fingerprint density at radius 3 is 1.50 bits per heavy atom. The maximum absolute atomic E-state index is 2.70. The topological polar surface area (TPSA) is 0 Å². The van der Waals surface area contributed by atoms with E-state index in [9.17, 15) is 0 Å². The molecule has 0 aliphatic heterocycles. The number of hydrogen-bond acceptors (Lipinski definition) is 0. The SMILES string of the molecule is C(C=Cc1ccccc1)=Cc1ccccc1.C[SiH](C)[Zr]([CH]1CCC2CC=CC=C21)[CH]1CCC2CC=CC=C21. The van der Waals surface area contributed by atoms with E-state index in [0.717, 1.165) is 19.1 Å². The Bertz CT molecular complexity index is 1120. The van der Waals surface area contributed by atoms with Crippen molar-refractivity contribution >= 4 is 18.1 Å². The summed E-state index contributed by atoms with van der Waals surface area (Å²) in [5, 5.41) is 0. The monoisotopic (exact) mass is 593 g/mol. The first-order valence-corrected chi connectivity index (χ1v) is 24.7. The second-order valence-electron chi connectivity index (χ2n) is 11.5. The first kappa shape index (κ1) is 27.5. The first-order valence-electron chi connectivity index (χ1n) is 14.8. The molecule has 2 fully saturated rings. The quantitative estimate of drug-likeness (QED) is 0.231. The average Bonchev–Trinajstić information content (AvgIpc) is 3.58. The van der Waals surface area contributed by atoms with E-state index in [1.807, 2.05) is 47.5 Å². The van der Waals surface area contributed by atoms with Crippen molar-refractivity contribution in [1.29, 1.82) is 0 Å². The van der Waals surface area contributed by atoms with Gasteiger partial charge in [-0.25, -0.2) is 0 Å². The van der Waals surface area contributed by atoms with Crippen LogP contribution in [0.4, 0.5) is 0 Å². The Morgan fingerprint density at radius 1 is 0.632 bits per heavy atom. The third-order valence-electron chi connectivity index (χ3n) is 8.80. The van der Waals surface area contributed by atoms with Crippen molar-refractivity contribution in [3.8, 4) is 0 Å². The van der Waals surface area contributed by atoms with Gasteiger partial charge in [0.1, 0.15) is 0 Å². The molecule has 4 atom stereocenters. The van der Waals surface area contributed by atoms with Crippen molar-refractivity contribution in [2.24, 2.45) is 11.8 Å². The zero-order chi connectivity index (χ0) is 26.2. The molecule has 2 heteroatoms. The molecule has 0 aromatic heterocycles. The van der Waals surface area contributed by atoms with Crippen LogP contribution in [0.25, 0.3) is 12.2 Å². The first-order chi connectivity index (χ1) is 18.7. The van der Waals surface area contributed by atoms with Gasteiger partial charge in [0.15, 0.2) is 0 Å². The minimum absolute atomic E-state index is 0.458. The fourth-order valence-corrected chi connectivity index (χ4v) is 32.0. The van der Waals surface area contributed by atoms with Gasteiger partial charge in [0.05, 0.1) is 0 Å². The standard InChI is InChI=1S/C16H14.2C9H11.C2H7Si.Zr/c1-3-9-15(10-4-1)13-7-8-14-16-11-5-2-6-12-16;2*1-2-5-9-7-3-6-8(9)4-1;1-3-2;/h1-14H;2*1-2,4,6,9H,3,5,7H2;3H,1-2H3;. The van der Waals surface area contributed by atoms with E-state index in [0.29, 0.717) is 0 Å². The second-order valence-corrected chi connectivity index (χ2v) is 32.2. The molecule has 6 rings (SSSR count). The van der Waals surface area contributed by atoms with Crippen molar-refractivity contribution in [2.75, 3.05) is 0 Å². The van der Waals surface area contributed by atoms with E-state index in [1.54, 1.807) is 12.8 Å². The molecule has 2 aromatic carbocycles. The van der Waals surface area contributed by atoms with Crippen LogP contribution in [0.5, 0.6) is 0 Å². The molecule has 2 saturated carbocycles. The minimum atomic E-state index is -1.36. The van der Waals surface area contributed by atoms with Crippen LogP contribution in [-0.4, -0.2) is 5.92 Å². The molecule has 0 N–H and O–H groups in total. The summed E-state index contributed by atoms with van der Waals surface area (Å²) in [5.74, 6) is 1.42. The molecule has 2 aromatic rings. The third-order valence-corrected chi connectivity index (χ3v) is 31.7. The zero-order valence-corrected chi connectivity index (χ0v) is 26.8. The summed E-state index contributed by atoms with van der Waals surface area (Å²) in [4.78, 5) is 0. The number of benzene rings is 2. The predicted octanol–water partition coefficient (Wildman–Crippen LogP) is 10.2. The van der Waals surface area contributed by atoms with Gasteiger partial charge in [-0.05, 0) is 11.1 Å². The molecule has 38 heavy (non-hydrogen) atoms. The van der Waals surface area contributed by atoms with Crippen LogP contribution in [0, 0.1) is 11.8 Å². The zero-order valence-electron chi connectivity index (χ0n) is 23.2. The summed E-state index contributed by atoms with van der Waals surface area (Å²) in [7, 11) is 0. The van der Waals surface area contributed by atoms with Crippen LogP contribution in [0.2, 0.25) is 20.3 Å². The van der Waals surface area contributed by atoms with Crippen molar-refractivity contribution in [3.63, 3.8) is 0 Å². The molecule has 0 nitrogen and oxygen atoms in total. The number of hydrogen-bond donors (Lipinski definition) is 0. The van der Waals surface area contributed by atoms with Crippen molar-refractivity contribution in [2.45, 2.75) is 58.9 Å². The van der Waals surface area contributed by atoms with E-state index >= 15 is 0 Å². The predicted molar refractivity (Wildman–Crippen MR) is 166 cm³/mol. The number of allylic oxidation sites excluding steroid dienone is 10. The van der Waals surface area contributed by atoms with E-state index in [1.165, 1.54) is 36.8 Å². The van der Waals surface area contributed by atoms with Crippen LogP contribution in [0.15, 0.2) is 120 Å². The summed E-state index contributed by atoms with van der Waals surface area (Å²) in [6.45, 7) is 5.40. The molecule has 0 spiro atoms. The molecule has 0 bridgehead atoms. The molecule has 0 heterocycles. The summed E-state index contributed by atoms with van der Waals surface area (Å²) in [6, 6.07) is 20.6. The number of rotatable bonds is 6. The average molecular weight is 595 g/mol. The molecular weight excluding hydrogens is 552 g/mol. The fraction of sp³-hybridized carbons (Fsp3) is 0.333. The summed E-state index contributed by atoms with van der Waals surface area (Å²) < 4.78 is 2.22. The van der Waals surface area contributed by atoms with Gasteiger partial charge in [-0.2, -0.15) is 0 Å². The van der Waals surface area contributed by atoms with Gasteiger partial charge in [-0.15, -0.1) is 0 Å². The van der Waals surface area contributed by atoms with Gasteiger partial charge in [0.2, 0.25) is 0 Å². The van der Waals surface area contributed by atoms with Gasteiger partial charge in [-0.3, -0.25) is 0 Å². The summed E-state index contributed by atoms with van der Waals surface area (Å²) in [5.41, 5.74) is 6.29. The summed E-state index contributed by atoms with van der Waals surface area (Å²) >= 11 is -1.36. The Balaban J connectivity index is 0.000000163. The molecule has 4 aliphatic rings. The molecule has 0 saturated heterocycles. The van der Waals surface area contributed by atoms with Crippen molar-refractivity contribution in [3.05, 3.63) is 132 Å². The van der Waals surface area contributed by atoms with Crippen LogP contribution >= 0.6 is 0 Å². The van der Waals surface area contributed by atoms with Gasteiger partial charge in [-0.1, -0.05) is 85.0 Å². The number of fused-ring (bicyclic) bond motifs is 2. The van der Waals surface area contributed by atoms with Crippen molar-refractivity contribution < 1.29 is 20.9 Å². The second kappa shape index (κ2) is 13.9. The van der Waals surface area contributed by atoms with E-state index in [-0.39, 0.29) is 0 Å². The Kier molecular flexibility index (Phi) is 10.0. The summed E-state index contributed by atoms with van der Waals surface area (Å²) in [6.07, 6.45) is 31.8. The fourth-order valence-electron chi connectivity index (χ4n) is 7.06. The van der Waals surface area contributed by atoms with Crippen molar-refractivity contribution in [1.82, 2.24) is 0 Å². The van der Waals surface area contributed by atoms with Gasteiger partial charge in [0, 0.05) is 0 Å². The Labute approximate surface area is 239 Å². The Morgan fingerprint density at radius 2 is 1.08 bits per heavy atom. The van der Waals surface area contributed by atoms with E-state index in [4.69, 9.17) is 0 Å². The normalized spacial score (nSPS) is 25.7. The molecule has 4 aliphatic carbocycles. The Hall–Kier alpha value is -2.02. The molecule has 195 valence electrons. The van der Waals surface area contributed by atoms with Crippen LogP contribution < -0.4 is 0 Å². The molecule has 4 unspecified atom stereocenters. The van der Waals surface area contributed by atoms with Crippen LogP contribution in [0.1, 0.15) is 49.7 Å². The van der Waals surface area contributed by atoms with E-state index < -0.39 is 26.8 Å². The maximum atomic E-state index is 2.70. The third kappa shape index (κ3) is 6.94. The van der Waals surface area contributed by atoms with Gasteiger partial charge >= 0.3 is 145 Å².